The van der Waals surface area contributed by atoms with Crippen LogP contribution in [0.25, 0.3) is 0 Å². The summed E-state index contributed by atoms with van der Waals surface area (Å²) < 4.78 is 1.11. The summed E-state index contributed by atoms with van der Waals surface area (Å²) in [5.41, 5.74) is 3.73. The van der Waals surface area contributed by atoms with Crippen LogP contribution in [0.15, 0.2) is 27.7 Å². The molecule has 1 heterocycles. The standard InChI is InChI=1S/C10H10BrN/c1-7-2-3-8-4-5-9(11)6-10(8)12-7/h4-6H,2-3H2,1H3. The Balaban J connectivity index is 2.53. The Labute approximate surface area is 80.6 Å². The first-order chi connectivity index (χ1) is 5.75. The number of aliphatic imine (C=N–C) groups is 1. The summed E-state index contributed by atoms with van der Waals surface area (Å²) >= 11 is 3.44. The fourth-order valence-electron chi connectivity index (χ4n) is 1.43. The lowest BCUT2D eigenvalue weighted by atomic mass is 10.0. The summed E-state index contributed by atoms with van der Waals surface area (Å²) in [6.07, 6.45) is 2.24. The van der Waals surface area contributed by atoms with Crippen molar-refractivity contribution in [2.45, 2.75) is 19.8 Å². The van der Waals surface area contributed by atoms with Crippen LogP contribution in [-0.2, 0) is 6.42 Å². The highest BCUT2D eigenvalue weighted by Gasteiger charge is 2.08. The summed E-state index contributed by atoms with van der Waals surface area (Å²) in [5, 5.41) is 0. The Kier molecular flexibility index (Phi) is 2.01. The zero-order valence-corrected chi connectivity index (χ0v) is 8.56. The molecule has 0 unspecified atom stereocenters. The molecule has 1 aliphatic heterocycles. The molecule has 0 aromatic heterocycles. The quantitative estimate of drug-likeness (QED) is 0.639. The summed E-state index contributed by atoms with van der Waals surface area (Å²) in [6.45, 7) is 2.09. The maximum absolute atomic E-state index is 4.49. The zero-order valence-electron chi connectivity index (χ0n) is 6.97. The first-order valence-corrected chi connectivity index (χ1v) is 4.87. The molecular formula is C10H10BrN. The molecule has 0 radical (unpaired) electrons. The molecule has 0 saturated heterocycles. The third kappa shape index (κ3) is 1.44. The van der Waals surface area contributed by atoms with Gasteiger partial charge < -0.3 is 0 Å². The molecule has 0 atom stereocenters. The van der Waals surface area contributed by atoms with E-state index in [-0.39, 0.29) is 0 Å². The average Bonchev–Trinajstić information content (AvgIpc) is 2.03. The molecule has 2 rings (SSSR count). The van der Waals surface area contributed by atoms with Gasteiger partial charge in [-0.1, -0.05) is 22.0 Å². The van der Waals surface area contributed by atoms with Crippen molar-refractivity contribution < 1.29 is 0 Å². The minimum atomic E-state index is 1.11. The van der Waals surface area contributed by atoms with Gasteiger partial charge in [-0.05, 0) is 37.5 Å². The molecule has 0 fully saturated rings. The van der Waals surface area contributed by atoms with Crippen molar-refractivity contribution in [2.24, 2.45) is 4.99 Å². The minimum Gasteiger partial charge on any atom is -0.258 e. The Morgan fingerprint density at radius 3 is 3.00 bits per heavy atom. The Morgan fingerprint density at radius 1 is 1.33 bits per heavy atom. The highest BCUT2D eigenvalue weighted by Crippen LogP contribution is 2.28. The van der Waals surface area contributed by atoms with Crippen LogP contribution >= 0.6 is 15.9 Å². The molecule has 0 spiro atoms. The molecule has 62 valence electrons. The van der Waals surface area contributed by atoms with E-state index >= 15 is 0 Å². The van der Waals surface area contributed by atoms with E-state index in [4.69, 9.17) is 0 Å². The topological polar surface area (TPSA) is 12.4 Å². The van der Waals surface area contributed by atoms with Crippen LogP contribution in [0.4, 0.5) is 5.69 Å². The van der Waals surface area contributed by atoms with Crippen LogP contribution in [-0.4, -0.2) is 5.71 Å². The molecule has 0 amide bonds. The third-order valence-corrected chi connectivity index (χ3v) is 2.61. The van der Waals surface area contributed by atoms with E-state index in [0.29, 0.717) is 0 Å². The van der Waals surface area contributed by atoms with Crippen molar-refractivity contribution in [3.8, 4) is 0 Å². The van der Waals surface area contributed by atoms with Crippen molar-refractivity contribution in [2.75, 3.05) is 0 Å². The van der Waals surface area contributed by atoms with E-state index < -0.39 is 0 Å². The lowest BCUT2D eigenvalue weighted by molar-refractivity contribution is 1.00. The molecule has 2 heteroatoms. The lowest BCUT2D eigenvalue weighted by Gasteiger charge is -2.12. The van der Waals surface area contributed by atoms with Gasteiger partial charge in [0.05, 0.1) is 5.69 Å². The molecule has 1 aromatic rings. The number of rotatable bonds is 0. The van der Waals surface area contributed by atoms with E-state index in [1.807, 2.05) is 0 Å². The van der Waals surface area contributed by atoms with E-state index in [2.05, 4.69) is 46.0 Å². The van der Waals surface area contributed by atoms with E-state index in [1.165, 1.54) is 11.3 Å². The van der Waals surface area contributed by atoms with Crippen LogP contribution in [0.1, 0.15) is 18.9 Å². The van der Waals surface area contributed by atoms with Crippen molar-refractivity contribution in [1.29, 1.82) is 0 Å². The predicted octanol–water partition coefficient (Wildman–Crippen LogP) is 3.49. The van der Waals surface area contributed by atoms with Crippen molar-refractivity contribution in [3.63, 3.8) is 0 Å². The summed E-state index contributed by atoms with van der Waals surface area (Å²) in [7, 11) is 0. The Morgan fingerprint density at radius 2 is 2.17 bits per heavy atom. The molecule has 0 N–H and O–H groups in total. The number of nitrogens with zero attached hydrogens (tertiary/aromatic N) is 1. The largest absolute Gasteiger partial charge is 0.258 e. The second kappa shape index (κ2) is 3.02. The van der Waals surface area contributed by atoms with Gasteiger partial charge >= 0.3 is 0 Å². The van der Waals surface area contributed by atoms with Gasteiger partial charge in [-0.15, -0.1) is 0 Å². The normalized spacial score (nSPS) is 15.3. The number of halogens is 1. The summed E-state index contributed by atoms with van der Waals surface area (Å²) in [4.78, 5) is 4.49. The first-order valence-electron chi connectivity index (χ1n) is 4.08. The van der Waals surface area contributed by atoms with Gasteiger partial charge in [-0.2, -0.15) is 0 Å². The Bertz CT molecular complexity index is 342. The molecule has 12 heavy (non-hydrogen) atoms. The van der Waals surface area contributed by atoms with Crippen LogP contribution in [0.5, 0.6) is 0 Å². The maximum Gasteiger partial charge on any atom is 0.0672 e. The summed E-state index contributed by atoms with van der Waals surface area (Å²) in [6, 6.07) is 6.31. The second-order valence-electron chi connectivity index (χ2n) is 3.12. The summed E-state index contributed by atoms with van der Waals surface area (Å²) in [5.74, 6) is 0. The van der Waals surface area contributed by atoms with Crippen LogP contribution < -0.4 is 0 Å². The number of benzene rings is 1. The molecule has 0 bridgehead atoms. The van der Waals surface area contributed by atoms with Gasteiger partial charge in [-0.25, -0.2) is 0 Å². The van der Waals surface area contributed by atoms with Gasteiger partial charge in [-0.3, -0.25) is 4.99 Å². The highest BCUT2D eigenvalue weighted by molar-refractivity contribution is 9.10. The fraction of sp³-hybridized carbons (Fsp3) is 0.300. The molecule has 1 aliphatic rings. The molecular weight excluding hydrogens is 214 g/mol. The number of hydrogen-bond donors (Lipinski definition) is 0. The molecule has 1 aromatic carbocycles. The van der Waals surface area contributed by atoms with Gasteiger partial charge in [0.25, 0.3) is 0 Å². The lowest BCUT2D eigenvalue weighted by Crippen LogP contribution is -2.00. The molecule has 0 saturated carbocycles. The average molecular weight is 224 g/mol. The Hall–Kier alpha value is -0.630. The van der Waals surface area contributed by atoms with Gasteiger partial charge in [0, 0.05) is 10.2 Å². The van der Waals surface area contributed by atoms with E-state index in [1.54, 1.807) is 0 Å². The molecule has 0 aliphatic carbocycles. The van der Waals surface area contributed by atoms with Crippen molar-refractivity contribution >= 4 is 27.3 Å². The van der Waals surface area contributed by atoms with E-state index in [0.717, 1.165) is 23.0 Å². The van der Waals surface area contributed by atoms with Crippen molar-refractivity contribution in [1.82, 2.24) is 0 Å². The number of hydrogen-bond acceptors (Lipinski definition) is 1. The van der Waals surface area contributed by atoms with Gasteiger partial charge in [0.1, 0.15) is 0 Å². The van der Waals surface area contributed by atoms with Crippen LogP contribution in [0.2, 0.25) is 0 Å². The SMILES string of the molecule is CC1=Nc2cc(Br)ccc2CC1. The first kappa shape index (κ1) is 7.99. The highest BCUT2D eigenvalue weighted by atomic mass is 79.9. The van der Waals surface area contributed by atoms with Gasteiger partial charge in [0.2, 0.25) is 0 Å². The second-order valence-corrected chi connectivity index (χ2v) is 4.04. The van der Waals surface area contributed by atoms with Crippen LogP contribution in [0.3, 0.4) is 0 Å². The molecule has 1 nitrogen and oxygen atoms in total. The van der Waals surface area contributed by atoms with Crippen LogP contribution in [0, 0.1) is 0 Å². The minimum absolute atomic E-state index is 1.11. The monoisotopic (exact) mass is 223 g/mol. The van der Waals surface area contributed by atoms with Crippen molar-refractivity contribution in [3.05, 3.63) is 28.2 Å². The fourth-order valence-corrected chi connectivity index (χ4v) is 1.78. The number of fused-ring (bicyclic) bond motifs is 1. The number of aryl methyl sites for hydroxylation is 1. The zero-order chi connectivity index (χ0) is 8.55. The predicted molar refractivity (Wildman–Crippen MR) is 55.2 cm³/mol. The maximum atomic E-state index is 4.49. The van der Waals surface area contributed by atoms with Gasteiger partial charge in [0.15, 0.2) is 0 Å². The third-order valence-electron chi connectivity index (χ3n) is 2.11. The smallest absolute Gasteiger partial charge is 0.0672 e. The van der Waals surface area contributed by atoms with E-state index in [9.17, 15) is 0 Å².